The quantitative estimate of drug-likeness (QED) is 0.906. The number of halogens is 3. The van der Waals surface area contributed by atoms with Gasteiger partial charge >= 0.3 is 6.18 Å². The maximum atomic E-state index is 12.4. The third-order valence-corrected chi connectivity index (χ3v) is 2.57. The molecule has 0 aliphatic heterocycles. The minimum absolute atomic E-state index is 0.467. The van der Waals surface area contributed by atoms with E-state index in [2.05, 4.69) is 15.4 Å². The number of ether oxygens (including phenoxy) is 1. The zero-order valence-corrected chi connectivity index (χ0v) is 10.8. The molecule has 1 amide bonds. The SMILES string of the molecule is CO[C@H](C(=O)Nc1n[nH]c(C(F)(F)F)n1)c1ccccc1. The van der Waals surface area contributed by atoms with Crippen LogP contribution < -0.4 is 5.32 Å². The second-order valence-electron chi connectivity index (χ2n) is 4.02. The molecule has 9 heteroatoms. The fourth-order valence-corrected chi connectivity index (χ4v) is 1.64. The number of carbonyl (C=O) groups excluding carboxylic acids is 1. The number of rotatable bonds is 4. The molecule has 0 saturated heterocycles. The van der Waals surface area contributed by atoms with E-state index in [0.717, 1.165) is 0 Å². The van der Waals surface area contributed by atoms with Crippen molar-refractivity contribution in [3.8, 4) is 0 Å². The molecule has 1 aromatic heterocycles. The predicted octanol–water partition coefficient (Wildman–Crippen LogP) is 2.15. The van der Waals surface area contributed by atoms with Gasteiger partial charge in [-0.05, 0) is 5.56 Å². The molecular formula is C12H11F3N4O2. The maximum Gasteiger partial charge on any atom is 0.451 e. The van der Waals surface area contributed by atoms with Gasteiger partial charge in [-0.1, -0.05) is 30.3 Å². The van der Waals surface area contributed by atoms with Crippen molar-refractivity contribution in [3.63, 3.8) is 0 Å². The van der Waals surface area contributed by atoms with Crippen molar-refractivity contribution in [2.24, 2.45) is 0 Å². The van der Waals surface area contributed by atoms with E-state index in [-0.39, 0.29) is 0 Å². The van der Waals surface area contributed by atoms with Gasteiger partial charge in [0.25, 0.3) is 5.91 Å². The van der Waals surface area contributed by atoms with Crippen LogP contribution in [0.4, 0.5) is 19.1 Å². The minimum Gasteiger partial charge on any atom is -0.367 e. The minimum atomic E-state index is -4.66. The fraction of sp³-hybridized carbons (Fsp3) is 0.250. The summed E-state index contributed by atoms with van der Waals surface area (Å²) >= 11 is 0. The van der Waals surface area contributed by atoms with E-state index in [4.69, 9.17) is 4.74 Å². The Bertz CT molecular complexity index is 612. The number of nitrogens with one attached hydrogen (secondary N) is 2. The van der Waals surface area contributed by atoms with Crippen LogP contribution in [0.3, 0.4) is 0 Å². The Kier molecular flexibility index (Phi) is 4.22. The van der Waals surface area contributed by atoms with Crippen molar-refractivity contribution in [1.82, 2.24) is 15.2 Å². The first-order valence-electron chi connectivity index (χ1n) is 5.80. The highest BCUT2D eigenvalue weighted by Crippen LogP contribution is 2.26. The average Bonchev–Trinajstić information content (AvgIpc) is 2.89. The second-order valence-corrected chi connectivity index (χ2v) is 4.02. The van der Waals surface area contributed by atoms with E-state index >= 15 is 0 Å². The summed E-state index contributed by atoms with van der Waals surface area (Å²) in [7, 11) is 1.32. The summed E-state index contributed by atoms with van der Waals surface area (Å²) in [4.78, 5) is 15.1. The number of carbonyl (C=O) groups is 1. The van der Waals surface area contributed by atoms with Gasteiger partial charge in [0.15, 0.2) is 6.10 Å². The van der Waals surface area contributed by atoms with Crippen LogP contribution in [0.2, 0.25) is 0 Å². The maximum absolute atomic E-state index is 12.4. The smallest absolute Gasteiger partial charge is 0.367 e. The average molecular weight is 300 g/mol. The van der Waals surface area contributed by atoms with Crippen molar-refractivity contribution in [2.75, 3.05) is 12.4 Å². The fourth-order valence-electron chi connectivity index (χ4n) is 1.64. The van der Waals surface area contributed by atoms with Gasteiger partial charge in [-0.2, -0.15) is 18.2 Å². The molecule has 21 heavy (non-hydrogen) atoms. The number of aromatic nitrogens is 3. The number of hydrogen-bond donors (Lipinski definition) is 2. The molecule has 0 radical (unpaired) electrons. The number of alkyl halides is 3. The molecule has 1 heterocycles. The van der Waals surface area contributed by atoms with Crippen LogP contribution in [0.15, 0.2) is 30.3 Å². The molecule has 1 atom stereocenters. The van der Waals surface area contributed by atoms with Crippen molar-refractivity contribution < 1.29 is 22.7 Å². The molecule has 2 rings (SSSR count). The van der Waals surface area contributed by atoms with Crippen LogP contribution in [-0.2, 0) is 15.7 Å². The van der Waals surface area contributed by atoms with Gasteiger partial charge in [0.1, 0.15) is 0 Å². The van der Waals surface area contributed by atoms with Crippen molar-refractivity contribution >= 4 is 11.9 Å². The highest BCUT2D eigenvalue weighted by atomic mass is 19.4. The zero-order chi connectivity index (χ0) is 15.5. The van der Waals surface area contributed by atoms with Crippen LogP contribution in [0.25, 0.3) is 0 Å². The summed E-state index contributed by atoms with van der Waals surface area (Å²) in [5.74, 6) is -2.42. The molecule has 0 saturated carbocycles. The van der Waals surface area contributed by atoms with E-state index in [1.807, 2.05) is 0 Å². The molecule has 0 aliphatic carbocycles. The highest BCUT2D eigenvalue weighted by Gasteiger charge is 2.35. The Balaban J connectivity index is 2.11. The lowest BCUT2D eigenvalue weighted by atomic mass is 10.1. The van der Waals surface area contributed by atoms with Crippen molar-refractivity contribution in [2.45, 2.75) is 12.3 Å². The Morgan fingerprint density at radius 3 is 2.52 bits per heavy atom. The summed E-state index contributed by atoms with van der Waals surface area (Å²) in [6.45, 7) is 0. The molecular weight excluding hydrogens is 289 g/mol. The Morgan fingerprint density at radius 1 is 1.33 bits per heavy atom. The van der Waals surface area contributed by atoms with Gasteiger partial charge in [0.2, 0.25) is 11.8 Å². The van der Waals surface area contributed by atoms with Gasteiger partial charge < -0.3 is 4.74 Å². The lowest BCUT2D eigenvalue weighted by Gasteiger charge is -2.14. The standard InChI is InChI=1S/C12H11F3N4O2/c1-21-8(7-5-3-2-4-6-7)9(20)16-11-17-10(18-19-11)12(13,14)15/h2-6,8H,1H3,(H2,16,17,18,19,20)/t8-/m0/s1. The zero-order valence-electron chi connectivity index (χ0n) is 10.8. The molecule has 2 aromatic rings. The number of methoxy groups -OCH3 is 1. The van der Waals surface area contributed by atoms with E-state index in [0.29, 0.717) is 5.56 Å². The van der Waals surface area contributed by atoms with Gasteiger partial charge in [-0.15, -0.1) is 5.10 Å². The Labute approximate surface area is 117 Å². The Morgan fingerprint density at radius 2 is 2.00 bits per heavy atom. The van der Waals surface area contributed by atoms with E-state index in [9.17, 15) is 18.0 Å². The first-order valence-corrected chi connectivity index (χ1v) is 5.80. The number of hydrogen-bond acceptors (Lipinski definition) is 4. The summed E-state index contributed by atoms with van der Waals surface area (Å²) in [5.41, 5.74) is 0.559. The first kappa shape index (κ1) is 15.0. The number of aromatic amines is 1. The molecule has 0 unspecified atom stereocenters. The molecule has 6 nitrogen and oxygen atoms in total. The molecule has 0 bridgehead atoms. The number of H-pyrrole nitrogens is 1. The van der Waals surface area contributed by atoms with Crippen LogP contribution in [-0.4, -0.2) is 28.2 Å². The predicted molar refractivity (Wildman–Crippen MR) is 66.2 cm³/mol. The number of amides is 1. The summed E-state index contributed by atoms with van der Waals surface area (Å²) < 4.78 is 42.1. The summed E-state index contributed by atoms with van der Waals surface area (Å²) in [6.07, 6.45) is -5.63. The highest BCUT2D eigenvalue weighted by molar-refractivity contribution is 5.93. The van der Waals surface area contributed by atoms with Crippen LogP contribution in [0.5, 0.6) is 0 Å². The van der Waals surface area contributed by atoms with Gasteiger partial charge in [-0.3, -0.25) is 15.2 Å². The van der Waals surface area contributed by atoms with Crippen LogP contribution in [0.1, 0.15) is 17.5 Å². The Hall–Kier alpha value is -2.42. The molecule has 2 N–H and O–H groups in total. The monoisotopic (exact) mass is 300 g/mol. The number of anilines is 1. The largest absolute Gasteiger partial charge is 0.451 e. The topological polar surface area (TPSA) is 79.9 Å². The lowest BCUT2D eigenvalue weighted by molar-refractivity contribution is -0.144. The lowest BCUT2D eigenvalue weighted by Crippen LogP contribution is -2.23. The van der Waals surface area contributed by atoms with Crippen molar-refractivity contribution in [1.29, 1.82) is 0 Å². The molecule has 0 fully saturated rings. The van der Waals surface area contributed by atoms with E-state index in [1.165, 1.54) is 7.11 Å². The molecule has 112 valence electrons. The first-order chi connectivity index (χ1) is 9.91. The summed E-state index contributed by atoms with van der Waals surface area (Å²) in [5, 5.41) is 7.16. The van der Waals surface area contributed by atoms with Crippen molar-refractivity contribution in [3.05, 3.63) is 41.7 Å². The molecule has 1 aromatic carbocycles. The van der Waals surface area contributed by atoms with Gasteiger partial charge in [0.05, 0.1) is 0 Å². The number of benzene rings is 1. The van der Waals surface area contributed by atoms with Crippen LogP contribution >= 0.6 is 0 Å². The molecule has 0 spiro atoms. The van der Waals surface area contributed by atoms with Gasteiger partial charge in [0, 0.05) is 7.11 Å². The van der Waals surface area contributed by atoms with E-state index in [1.54, 1.807) is 35.4 Å². The third-order valence-electron chi connectivity index (χ3n) is 2.57. The molecule has 0 aliphatic rings. The summed E-state index contributed by atoms with van der Waals surface area (Å²) in [6, 6.07) is 8.51. The van der Waals surface area contributed by atoms with E-state index < -0.39 is 30.0 Å². The van der Waals surface area contributed by atoms with Gasteiger partial charge in [-0.25, -0.2) is 0 Å². The van der Waals surface area contributed by atoms with Crippen LogP contribution in [0, 0.1) is 0 Å². The number of nitrogens with zero attached hydrogens (tertiary/aromatic N) is 2. The third kappa shape index (κ3) is 3.57. The second kappa shape index (κ2) is 5.92. The normalized spacial score (nSPS) is 13.0.